The molecule has 0 bridgehead atoms. The van der Waals surface area contributed by atoms with Crippen LogP contribution in [0, 0.1) is 16.0 Å². The summed E-state index contributed by atoms with van der Waals surface area (Å²) in [5.74, 6) is 0.951. The van der Waals surface area contributed by atoms with Crippen molar-refractivity contribution in [3.8, 4) is 0 Å². The second-order valence-electron chi connectivity index (χ2n) is 11.2. The second-order valence-corrected chi connectivity index (χ2v) is 11.2. The minimum Gasteiger partial charge on any atom is -0.299 e. The predicted molar refractivity (Wildman–Crippen MR) is 155 cm³/mol. The first-order valence-corrected chi connectivity index (χ1v) is 14.4. The lowest BCUT2D eigenvalue weighted by Crippen LogP contribution is -2.33. The van der Waals surface area contributed by atoms with Gasteiger partial charge >= 0.3 is 0 Å². The van der Waals surface area contributed by atoms with E-state index in [2.05, 4.69) is 52.3 Å². The third-order valence-corrected chi connectivity index (χ3v) is 8.45. The molecule has 39 heavy (non-hydrogen) atoms. The molecule has 0 saturated carbocycles. The summed E-state index contributed by atoms with van der Waals surface area (Å²) in [5, 5.41) is 10.9. The van der Waals surface area contributed by atoms with Crippen molar-refractivity contribution in [1.29, 1.82) is 0 Å². The first-order valence-electron chi connectivity index (χ1n) is 14.4. The van der Waals surface area contributed by atoms with Crippen molar-refractivity contribution in [1.82, 2.24) is 9.80 Å². The Morgan fingerprint density at radius 2 is 1.44 bits per heavy atom. The molecule has 0 atom stereocenters. The van der Waals surface area contributed by atoms with Crippen molar-refractivity contribution in [2.75, 3.05) is 26.2 Å². The minimum atomic E-state index is -0.354. The van der Waals surface area contributed by atoms with E-state index in [0.29, 0.717) is 12.3 Å². The van der Waals surface area contributed by atoms with Gasteiger partial charge < -0.3 is 0 Å². The summed E-state index contributed by atoms with van der Waals surface area (Å²) < 4.78 is 0. The van der Waals surface area contributed by atoms with Crippen LogP contribution in [0.25, 0.3) is 0 Å². The molecule has 0 aliphatic carbocycles. The van der Waals surface area contributed by atoms with E-state index >= 15 is 0 Å². The molecule has 0 N–H and O–H groups in total. The van der Waals surface area contributed by atoms with E-state index in [-0.39, 0.29) is 16.4 Å². The summed E-state index contributed by atoms with van der Waals surface area (Å²) in [4.78, 5) is 28.5. The second kappa shape index (κ2) is 13.1. The van der Waals surface area contributed by atoms with E-state index in [1.807, 2.05) is 18.2 Å². The van der Waals surface area contributed by atoms with Gasteiger partial charge in [0.2, 0.25) is 0 Å². The van der Waals surface area contributed by atoms with Crippen LogP contribution >= 0.6 is 0 Å². The number of hydrogen-bond acceptors (Lipinski definition) is 5. The van der Waals surface area contributed by atoms with Crippen LogP contribution in [0.15, 0.2) is 72.8 Å². The van der Waals surface area contributed by atoms with Gasteiger partial charge in [-0.25, -0.2) is 0 Å². The fourth-order valence-electron chi connectivity index (χ4n) is 6.05. The fourth-order valence-corrected chi connectivity index (χ4v) is 6.05. The standard InChI is InChI=1S/C33H39N3O3/c37-33(8-4-7-26-15-19-34(20-16-26)25-28-9-13-32(14-10-28)36(38)39)31-12-11-29-17-21-35(22-18-30(29)23-31)24-27-5-2-1-3-6-27/h1-3,5-6,9-14,23,26H,4,7-8,15-22,24-25H2. The Bertz CT molecular complexity index is 1250. The molecule has 2 aliphatic heterocycles. The molecule has 3 aromatic rings. The molecule has 0 spiro atoms. The Balaban J connectivity index is 1.03. The fraction of sp³-hybridized carbons (Fsp3) is 0.424. The smallest absolute Gasteiger partial charge is 0.269 e. The van der Waals surface area contributed by atoms with Crippen molar-refractivity contribution < 1.29 is 9.72 Å². The van der Waals surface area contributed by atoms with Crippen LogP contribution in [-0.4, -0.2) is 46.7 Å². The number of benzene rings is 3. The zero-order valence-electron chi connectivity index (χ0n) is 22.8. The Morgan fingerprint density at radius 1 is 0.795 bits per heavy atom. The van der Waals surface area contributed by atoms with Crippen LogP contribution < -0.4 is 0 Å². The molecule has 6 heteroatoms. The van der Waals surface area contributed by atoms with E-state index < -0.39 is 0 Å². The monoisotopic (exact) mass is 525 g/mol. The summed E-state index contributed by atoms with van der Waals surface area (Å²) in [5.41, 5.74) is 6.23. The average molecular weight is 526 g/mol. The van der Waals surface area contributed by atoms with Crippen molar-refractivity contribution in [2.45, 2.75) is 58.0 Å². The number of piperidine rings is 1. The summed E-state index contributed by atoms with van der Waals surface area (Å²) in [7, 11) is 0. The molecule has 1 fully saturated rings. The van der Waals surface area contributed by atoms with E-state index in [1.54, 1.807) is 12.1 Å². The number of ketones is 1. The molecule has 3 aromatic carbocycles. The van der Waals surface area contributed by atoms with Gasteiger partial charge in [-0.1, -0.05) is 54.6 Å². The van der Waals surface area contributed by atoms with Gasteiger partial charge in [-0.15, -0.1) is 0 Å². The minimum absolute atomic E-state index is 0.142. The van der Waals surface area contributed by atoms with Gasteiger partial charge in [0.1, 0.15) is 0 Å². The van der Waals surface area contributed by atoms with Crippen LogP contribution in [0.2, 0.25) is 0 Å². The molecule has 204 valence electrons. The molecule has 0 amide bonds. The highest BCUT2D eigenvalue weighted by molar-refractivity contribution is 5.96. The van der Waals surface area contributed by atoms with Gasteiger partial charge in [-0.3, -0.25) is 24.7 Å². The highest BCUT2D eigenvalue weighted by Gasteiger charge is 2.20. The highest BCUT2D eigenvalue weighted by atomic mass is 16.6. The Labute approximate surface area is 231 Å². The predicted octanol–water partition coefficient (Wildman–Crippen LogP) is 6.46. The molecule has 5 rings (SSSR count). The maximum Gasteiger partial charge on any atom is 0.269 e. The number of hydrogen-bond donors (Lipinski definition) is 0. The van der Waals surface area contributed by atoms with Crippen LogP contribution in [0.5, 0.6) is 0 Å². The summed E-state index contributed by atoms with van der Waals surface area (Å²) in [6.07, 6.45) is 7.03. The maximum atomic E-state index is 13.0. The van der Waals surface area contributed by atoms with Gasteiger partial charge in [-0.05, 0) is 85.9 Å². The van der Waals surface area contributed by atoms with Crippen molar-refractivity contribution in [3.63, 3.8) is 0 Å². The highest BCUT2D eigenvalue weighted by Crippen LogP contribution is 2.25. The zero-order chi connectivity index (χ0) is 27.0. The number of fused-ring (bicyclic) bond motifs is 1. The SMILES string of the molecule is O=C(CCCC1CCN(Cc2ccc([N+](=O)[O-])cc2)CC1)c1ccc2c(c1)CCN(Cc1ccccc1)CC2. The number of nitro benzene ring substituents is 1. The van der Waals surface area contributed by atoms with E-state index in [0.717, 1.165) is 88.9 Å². The number of likely N-dealkylation sites (tertiary alicyclic amines) is 1. The third-order valence-electron chi connectivity index (χ3n) is 8.45. The lowest BCUT2D eigenvalue weighted by Gasteiger charge is -2.32. The number of nitro groups is 1. The van der Waals surface area contributed by atoms with Gasteiger partial charge in [0.15, 0.2) is 5.78 Å². The van der Waals surface area contributed by atoms with Gasteiger partial charge in [0.25, 0.3) is 5.69 Å². The Kier molecular flexibility index (Phi) is 9.17. The molecule has 2 aliphatic rings. The van der Waals surface area contributed by atoms with Gasteiger partial charge in [0.05, 0.1) is 4.92 Å². The van der Waals surface area contributed by atoms with Crippen LogP contribution in [0.4, 0.5) is 5.69 Å². The van der Waals surface area contributed by atoms with Crippen molar-refractivity contribution in [3.05, 3.63) is 111 Å². The van der Waals surface area contributed by atoms with E-state index in [1.165, 1.54) is 16.7 Å². The number of rotatable bonds is 10. The first kappa shape index (κ1) is 27.2. The normalized spacial score (nSPS) is 16.9. The summed E-state index contributed by atoms with van der Waals surface area (Å²) in [6, 6.07) is 24.0. The molecule has 0 radical (unpaired) electrons. The largest absolute Gasteiger partial charge is 0.299 e. The quantitative estimate of drug-likeness (QED) is 0.173. The first-order chi connectivity index (χ1) is 19.0. The number of carbonyl (C=O) groups excluding carboxylic acids is 1. The van der Waals surface area contributed by atoms with Gasteiger partial charge in [-0.2, -0.15) is 0 Å². The molecule has 2 heterocycles. The topological polar surface area (TPSA) is 66.7 Å². The maximum absolute atomic E-state index is 13.0. The van der Waals surface area contributed by atoms with Crippen molar-refractivity contribution in [2.24, 2.45) is 5.92 Å². The number of non-ortho nitro benzene ring substituents is 1. The average Bonchev–Trinajstić information content (AvgIpc) is 3.16. The van der Waals surface area contributed by atoms with Crippen LogP contribution in [0.1, 0.15) is 64.7 Å². The number of Topliss-reactive ketones (excluding diaryl/α,β-unsaturated/α-hetero) is 1. The summed E-state index contributed by atoms with van der Waals surface area (Å²) >= 11 is 0. The molecular formula is C33H39N3O3. The van der Waals surface area contributed by atoms with Crippen molar-refractivity contribution >= 4 is 11.5 Å². The van der Waals surface area contributed by atoms with E-state index in [9.17, 15) is 14.9 Å². The van der Waals surface area contributed by atoms with Crippen LogP contribution in [-0.2, 0) is 25.9 Å². The zero-order valence-corrected chi connectivity index (χ0v) is 22.8. The third kappa shape index (κ3) is 7.61. The number of carbonyl (C=O) groups is 1. The molecular weight excluding hydrogens is 486 g/mol. The van der Waals surface area contributed by atoms with E-state index in [4.69, 9.17) is 0 Å². The molecule has 6 nitrogen and oxygen atoms in total. The Morgan fingerprint density at radius 3 is 2.13 bits per heavy atom. The summed E-state index contributed by atoms with van der Waals surface area (Å²) in [6.45, 7) is 6.00. The lowest BCUT2D eigenvalue weighted by atomic mass is 9.90. The van der Waals surface area contributed by atoms with Crippen LogP contribution in [0.3, 0.4) is 0 Å². The molecule has 0 unspecified atom stereocenters. The van der Waals surface area contributed by atoms with Gasteiger partial charge in [0, 0.05) is 50.3 Å². The Hall–Kier alpha value is -3.35. The molecule has 1 saturated heterocycles. The molecule has 0 aromatic heterocycles. The number of nitrogens with zero attached hydrogens (tertiary/aromatic N) is 3. The lowest BCUT2D eigenvalue weighted by molar-refractivity contribution is -0.384.